The van der Waals surface area contributed by atoms with Crippen molar-refractivity contribution >= 4 is 22.1 Å². The predicted octanol–water partition coefficient (Wildman–Crippen LogP) is 11.1. The van der Waals surface area contributed by atoms with Crippen molar-refractivity contribution in [3.8, 4) is 0 Å². The lowest BCUT2D eigenvalue weighted by atomic mass is 10.00. The molecular weight excluding hydrogens is 837 g/mol. The number of carbonyl (C=O) groups is 2. The molecule has 0 aromatic rings. The minimum atomic E-state index is -4.61. The standard InChI is InChI=1S/C51H90O12S/c1-3-5-7-9-11-13-15-17-19-21-23-25-27-29-31-33-35-37-39-46(52)60-41-44(42-61-51-50(56)49(55)48(54)45(63-51)43-64(57,58)59)62-47(53)40-38-36-34-32-30-28-26-24-22-20-18-16-14-12-10-8-6-4-2/h13-16,19-22,44-45,48-51,54-56H,3-12,17-18,23-43H2,1-2H3,(H,57,58,59)/b15-13-,16-14-,21-19-,22-20-. The zero-order valence-corrected chi connectivity index (χ0v) is 40.7. The first kappa shape index (κ1) is 59.6. The second-order valence-electron chi connectivity index (χ2n) is 17.5. The maximum atomic E-state index is 12.9. The number of allylic oxidation sites excluding steroid dienone is 8. The van der Waals surface area contributed by atoms with E-state index in [9.17, 15) is 37.9 Å². The van der Waals surface area contributed by atoms with Crippen LogP contribution < -0.4 is 0 Å². The average molecular weight is 927 g/mol. The molecule has 4 N–H and O–H groups in total. The number of aliphatic hydroxyl groups excluding tert-OH is 3. The average Bonchev–Trinajstić information content (AvgIpc) is 3.26. The van der Waals surface area contributed by atoms with E-state index in [0.717, 1.165) is 83.5 Å². The SMILES string of the molecule is CCCCCC/C=C\C/C=C\CCCCCCCCCC(=O)OCC(COC1OC(CS(=O)(=O)O)C(O)C(O)C1O)OC(=O)CCCCCCCCC/C=C\C/C=C\CCCCCC. The van der Waals surface area contributed by atoms with Gasteiger partial charge in [-0.15, -0.1) is 0 Å². The van der Waals surface area contributed by atoms with E-state index in [2.05, 4.69) is 62.5 Å². The number of hydrogen-bond donors (Lipinski definition) is 4. The maximum Gasteiger partial charge on any atom is 0.306 e. The molecule has 0 aromatic carbocycles. The Balaban J connectivity index is 2.41. The monoisotopic (exact) mass is 927 g/mol. The number of unbranched alkanes of at least 4 members (excludes halogenated alkanes) is 22. The highest BCUT2D eigenvalue weighted by molar-refractivity contribution is 7.85. The van der Waals surface area contributed by atoms with Crippen molar-refractivity contribution in [1.82, 2.24) is 0 Å². The van der Waals surface area contributed by atoms with Crippen molar-refractivity contribution in [1.29, 1.82) is 0 Å². The molecule has 1 heterocycles. The van der Waals surface area contributed by atoms with E-state index < -0.39 is 71.2 Å². The lowest BCUT2D eigenvalue weighted by Crippen LogP contribution is -2.60. The van der Waals surface area contributed by atoms with Gasteiger partial charge in [-0.2, -0.15) is 8.42 Å². The summed E-state index contributed by atoms with van der Waals surface area (Å²) in [6.07, 6.45) is 40.0. The normalized spacial score (nSPS) is 20.0. The van der Waals surface area contributed by atoms with Crippen molar-refractivity contribution in [2.24, 2.45) is 0 Å². The number of rotatable bonds is 42. The van der Waals surface area contributed by atoms with Gasteiger partial charge in [-0.25, -0.2) is 0 Å². The summed E-state index contributed by atoms with van der Waals surface area (Å²) >= 11 is 0. The third kappa shape index (κ3) is 34.9. The van der Waals surface area contributed by atoms with Gasteiger partial charge >= 0.3 is 11.9 Å². The topological polar surface area (TPSA) is 186 Å². The summed E-state index contributed by atoms with van der Waals surface area (Å²) in [5.41, 5.74) is 0. The molecule has 13 heteroatoms. The van der Waals surface area contributed by atoms with Crippen LogP contribution in [0, 0.1) is 0 Å². The van der Waals surface area contributed by atoms with Gasteiger partial charge in [0.25, 0.3) is 10.1 Å². The molecule has 6 unspecified atom stereocenters. The van der Waals surface area contributed by atoms with E-state index in [1.54, 1.807) is 0 Å². The molecule has 0 saturated carbocycles. The Morgan fingerprint density at radius 1 is 0.531 bits per heavy atom. The van der Waals surface area contributed by atoms with Gasteiger partial charge in [-0.3, -0.25) is 14.1 Å². The highest BCUT2D eigenvalue weighted by atomic mass is 32.2. The van der Waals surface area contributed by atoms with Crippen molar-refractivity contribution < 1.29 is 56.8 Å². The van der Waals surface area contributed by atoms with E-state index in [1.807, 2.05) is 0 Å². The molecule has 0 bridgehead atoms. The highest BCUT2D eigenvalue weighted by Crippen LogP contribution is 2.24. The van der Waals surface area contributed by atoms with Gasteiger partial charge in [-0.05, 0) is 77.0 Å². The van der Waals surface area contributed by atoms with Gasteiger partial charge in [0, 0.05) is 12.8 Å². The number of aliphatic hydroxyl groups is 3. The molecule has 6 atom stereocenters. The highest BCUT2D eigenvalue weighted by Gasteiger charge is 2.46. The quantitative estimate of drug-likeness (QED) is 0.0197. The van der Waals surface area contributed by atoms with Gasteiger partial charge < -0.3 is 34.3 Å². The van der Waals surface area contributed by atoms with Gasteiger partial charge in [0.1, 0.15) is 36.8 Å². The Morgan fingerprint density at radius 2 is 0.938 bits per heavy atom. The van der Waals surface area contributed by atoms with Gasteiger partial charge in [0.2, 0.25) is 0 Å². The fourth-order valence-electron chi connectivity index (χ4n) is 7.44. The number of ether oxygens (including phenoxy) is 4. The van der Waals surface area contributed by atoms with Crippen molar-refractivity contribution in [2.75, 3.05) is 19.0 Å². The smallest absolute Gasteiger partial charge is 0.306 e. The maximum absolute atomic E-state index is 12.9. The number of esters is 2. The summed E-state index contributed by atoms with van der Waals surface area (Å²) in [6.45, 7) is 3.73. The van der Waals surface area contributed by atoms with E-state index >= 15 is 0 Å². The second kappa shape index (κ2) is 40.8. The van der Waals surface area contributed by atoms with E-state index in [-0.39, 0.29) is 19.4 Å². The summed E-state index contributed by atoms with van der Waals surface area (Å²) in [5.74, 6) is -2.00. The molecular formula is C51H90O12S. The first-order valence-electron chi connectivity index (χ1n) is 25.2. The Morgan fingerprint density at radius 3 is 1.38 bits per heavy atom. The molecule has 1 fully saturated rings. The molecule has 12 nitrogen and oxygen atoms in total. The van der Waals surface area contributed by atoms with Crippen molar-refractivity contribution in [3.05, 3.63) is 48.6 Å². The van der Waals surface area contributed by atoms with Crippen LogP contribution in [0.1, 0.15) is 206 Å². The molecule has 0 aromatic heterocycles. The zero-order valence-electron chi connectivity index (χ0n) is 39.9. The van der Waals surface area contributed by atoms with E-state index in [1.165, 1.54) is 83.5 Å². The third-order valence-corrected chi connectivity index (χ3v) is 12.1. The Hall–Kier alpha value is -2.39. The number of hydrogen-bond acceptors (Lipinski definition) is 11. The van der Waals surface area contributed by atoms with Gasteiger partial charge in [0.15, 0.2) is 12.4 Å². The van der Waals surface area contributed by atoms with Crippen LogP contribution in [-0.2, 0) is 38.7 Å². The van der Waals surface area contributed by atoms with E-state index in [0.29, 0.717) is 12.8 Å². The molecule has 0 radical (unpaired) electrons. The predicted molar refractivity (Wildman–Crippen MR) is 256 cm³/mol. The zero-order chi connectivity index (χ0) is 46.9. The Bertz CT molecular complexity index is 1360. The van der Waals surface area contributed by atoms with Crippen molar-refractivity contribution in [3.63, 3.8) is 0 Å². The Labute approximate surface area is 388 Å². The molecule has 372 valence electrons. The van der Waals surface area contributed by atoms with Gasteiger partial charge in [0.05, 0.1) is 6.61 Å². The van der Waals surface area contributed by atoms with Crippen LogP contribution in [0.5, 0.6) is 0 Å². The van der Waals surface area contributed by atoms with Crippen LogP contribution in [0.2, 0.25) is 0 Å². The first-order chi connectivity index (χ1) is 31.0. The fraction of sp³-hybridized carbons (Fsp3) is 0.804. The second-order valence-corrected chi connectivity index (χ2v) is 19.0. The summed E-state index contributed by atoms with van der Waals surface area (Å²) in [5, 5.41) is 31.0. The van der Waals surface area contributed by atoms with E-state index in [4.69, 9.17) is 18.9 Å². The third-order valence-electron chi connectivity index (χ3n) is 11.4. The molecule has 1 saturated heterocycles. The van der Waals surface area contributed by atoms with Gasteiger partial charge in [-0.1, -0.05) is 165 Å². The summed E-state index contributed by atoms with van der Waals surface area (Å²) in [6, 6.07) is 0. The summed E-state index contributed by atoms with van der Waals surface area (Å²) < 4.78 is 54.2. The molecule has 0 spiro atoms. The lowest BCUT2D eigenvalue weighted by molar-refractivity contribution is -0.297. The van der Waals surface area contributed by atoms with Crippen LogP contribution in [-0.4, -0.2) is 96.0 Å². The molecule has 64 heavy (non-hydrogen) atoms. The minimum Gasteiger partial charge on any atom is -0.462 e. The first-order valence-corrected chi connectivity index (χ1v) is 26.8. The summed E-state index contributed by atoms with van der Waals surface area (Å²) in [4.78, 5) is 25.5. The van der Waals surface area contributed by atoms with Crippen molar-refractivity contribution in [2.45, 2.75) is 243 Å². The molecule has 0 aliphatic carbocycles. The largest absolute Gasteiger partial charge is 0.462 e. The molecule has 0 amide bonds. The lowest BCUT2D eigenvalue weighted by Gasteiger charge is -2.40. The number of carbonyl (C=O) groups excluding carboxylic acids is 2. The molecule has 1 aliphatic heterocycles. The van der Waals surface area contributed by atoms with Crippen LogP contribution in [0.3, 0.4) is 0 Å². The summed E-state index contributed by atoms with van der Waals surface area (Å²) in [7, 11) is -4.61. The van der Waals surface area contributed by atoms with Crippen LogP contribution >= 0.6 is 0 Å². The Kier molecular flexibility index (Phi) is 38.1. The van der Waals surface area contributed by atoms with Crippen LogP contribution in [0.15, 0.2) is 48.6 Å². The van der Waals surface area contributed by atoms with Crippen LogP contribution in [0.25, 0.3) is 0 Å². The fourth-order valence-corrected chi connectivity index (χ4v) is 8.13. The van der Waals surface area contributed by atoms with Crippen LogP contribution in [0.4, 0.5) is 0 Å². The molecule has 1 rings (SSSR count). The minimum absolute atomic E-state index is 0.153. The molecule has 1 aliphatic rings.